The second kappa shape index (κ2) is 10.9. The summed E-state index contributed by atoms with van der Waals surface area (Å²) in [4.78, 5) is 10.7. The maximum Gasteiger partial charge on any atom is 0.191 e. The molecule has 1 saturated heterocycles. The number of unbranched alkanes of at least 4 members (excludes halogenated alkanes) is 1. The summed E-state index contributed by atoms with van der Waals surface area (Å²) in [6.45, 7) is 8.54. The first kappa shape index (κ1) is 19.4. The molecule has 7 heteroatoms. The monoisotopic (exact) mass is 351 g/mol. The number of hydrogen-bond donors (Lipinski definition) is 2. The van der Waals surface area contributed by atoms with Gasteiger partial charge in [0, 0.05) is 38.5 Å². The van der Waals surface area contributed by atoms with Crippen LogP contribution in [-0.4, -0.2) is 56.4 Å². The molecule has 1 aliphatic rings. The first-order chi connectivity index (χ1) is 12.2. The van der Waals surface area contributed by atoms with E-state index in [1.807, 2.05) is 11.8 Å². The average Bonchev–Trinajstić information content (AvgIpc) is 3.07. The molecule has 0 aromatic carbocycles. The highest BCUT2D eigenvalue weighted by Gasteiger charge is 2.25. The smallest absolute Gasteiger partial charge is 0.191 e. The van der Waals surface area contributed by atoms with Gasteiger partial charge >= 0.3 is 0 Å². The van der Waals surface area contributed by atoms with Crippen LogP contribution in [0.3, 0.4) is 0 Å². The van der Waals surface area contributed by atoms with Crippen LogP contribution in [0.4, 0.5) is 10.2 Å². The lowest BCUT2D eigenvalue weighted by atomic mass is 10.3. The first-order valence-electron chi connectivity index (χ1n) is 9.22. The van der Waals surface area contributed by atoms with Crippen molar-refractivity contribution in [2.75, 3.05) is 44.3 Å². The number of aliphatic imine (C=N–C) groups is 1. The van der Waals surface area contributed by atoms with E-state index in [0.717, 1.165) is 44.9 Å². The molecule has 0 bridgehead atoms. The van der Waals surface area contributed by atoms with Gasteiger partial charge in [-0.15, -0.1) is 0 Å². The molecule has 25 heavy (non-hydrogen) atoms. The van der Waals surface area contributed by atoms with Crippen molar-refractivity contribution in [1.29, 1.82) is 0 Å². The minimum absolute atomic E-state index is 0.222. The molecule has 2 heterocycles. The standard InChI is InChI=1S/C18H30FN5O/c1-3-5-12-25-13-10-22-18(20-4-2)23-15-8-11-24(14-15)17-16(19)7-6-9-21-17/h6-7,9,15H,3-5,8,10-14H2,1-2H3,(H2,20,22,23). The molecule has 1 unspecified atom stereocenters. The van der Waals surface area contributed by atoms with Crippen LogP contribution in [0.5, 0.6) is 0 Å². The Bertz CT molecular complexity index is 540. The molecule has 0 spiro atoms. The van der Waals surface area contributed by atoms with E-state index < -0.39 is 0 Å². The van der Waals surface area contributed by atoms with Crippen LogP contribution in [0, 0.1) is 5.82 Å². The number of nitrogens with one attached hydrogen (secondary N) is 2. The quantitative estimate of drug-likeness (QED) is 0.406. The van der Waals surface area contributed by atoms with Crippen molar-refractivity contribution in [3.8, 4) is 0 Å². The number of pyridine rings is 1. The third kappa shape index (κ3) is 6.49. The van der Waals surface area contributed by atoms with Gasteiger partial charge in [0.1, 0.15) is 0 Å². The maximum absolute atomic E-state index is 13.9. The minimum Gasteiger partial charge on any atom is -0.380 e. The fourth-order valence-corrected chi connectivity index (χ4v) is 2.76. The Balaban J connectivity index is 1.80. The van der Waals surface area contributed by atoms with Crippen LogP contribution in [0.25, 0.3) is 0 Å². The molecular weight excluding hydrogens is 321 g/mol. The average molecular weight is 351 g/mol. The van der Waals surface area contributed by atoms with E-state index in [-0.39, 0.29) is 11.9 Å². The molecule has 1 aliphatic heterocycles. The van der Waals surface area contributed by atoms with E-state index in [1.54, 1.807) is 12.3 Å². The summed E-state index contributed by atoms with van der Waals surface area (Å²) in [6, 6.07) is 3.29. The van der Waals surface area contributed by atoms with E-state index >= 15 is 0 Å². The van der Waals surface area contributed by atoms with Crippen molar-refractivity contribution in [2.24, 2.45) is 4.99 Å². The highest BCUT2D eigenvalue weighted by molar-refractivity contribution is 5.80. The van der Waals surface area contributed by atoms with Gasteiger partial charge in [-0.25, -0.2) is 9.37 Å². The molecule has 2 rings (SSSR count). The number of aromatic nitrogens is 1. The van der Waals surface area contributed by atoms with Crippen molar-refractivity contribution in [3.05, 3.63) is 24.1 Å². The van der Waals surface area contributed by atoms with Crippen LogP contribution >= 0.6 is 0 Å². The lowest BCUT2D eigenvalue weighted by Gasteiger charge is -2.19. The van der Waals surface area contributed by atoms with Crippen molar-refractivity contribution < 1.29 is 9.13 Å². The normalized spacial score (nSPS) is 17.8. The van der Waals surface area contributed by atoms with Gasteiger partial charge in [-0.3, -0.25) is 4.99 Å². The van der Waals surface area contributed by atoms with E-state index in [4.69, 9.17) is 4.74 Å². The Morgan fingerprint density at radius 1 is 1.44 bits per heavy atom. The second-order valence-corrected chi connectivity index (χ2v) is 6.11. The molecule has 2 N–H and O–H groups in total. The second-order valence-electron chi connectivity index (χ2n) is 6.11. The summed E-state index contributed by atoms with van der Waals surface area (Å²) in [7, 11) is 0. The number of hydrogen-bond acceptors (Lipinski definition) is 4. The molecule has 0 radical (unpaired) electrons. The van der Waals surface area contributed by atoms with Crippen LogP contribution < -0.4 is 15.5 Å². The molecule has 1 aromatic rings. The van der Waals surface area contributed by atoms with Gasteiger partial charge in [-0.05, 0) is 31.9 Å². The highest BCUT2D eigenvalue weighted by atomic mass is 19.1. The largest absolute Gasteiger partial charge is 0.380 e. The summed E-state index contributed by atoms with van der Waals surface area (Å²) < 4.78 is 19.4. The van der Waals surface area contributed by atoms with Crippen molar-refractivity contribution in [1.82, 2.24) is 15.6 Å². The van der Waals surface area contributed by atoms with Crippen molar-refractivity contribution in [2.45, 2.75) is 39.2 Å². The Hall–Kier alpha value is -1.89. The molecule has 0 saturated carbocycles. The molecule has 1 aromatic heterocycles. The van der Waals surface area contributed by atoms with Gasteiger partial charge in [0.05, 0.1) is 13.2 Å². The number of halogens is 1. The maximum atomic E-state index is 13.9. The molecule has 140 valence electrons. The van der Waals surface area contributed by atoms with E-state index in [0.29, 0.717) is 25.5 Å². The van der Waals surface area contributed by atoms with Gasteiger partial charge < -0.3 is 20.3 Å². The van der Waals surface area contributed by atoms with E-state index in [9.17, 15) is 4.39 Å². The Labute approximate surface area is 149 Å². The summed E-state index contributed by atoms with van der Waals surface area (Å²) in [5, 5.41) is 6.68. The molecule has 0 amide bonds. The van der Waals surface area contributed by atoms with Gasteiger partial charge in [0.25, 0.3) is 0 Å². The van der Waals surface area contributed by atoms with Crippen LogP contribution in [0.2, 0.25) is 0 Å². The Morgan fingerprint density at radius 2 is 2.32 bits per heavy atom. The number of anilines is 1. The minimum atomic E-state index is -0.270. The number of ether oxygens (including phenoxy) is 1. The van der Waals surface area contributed by atoms with Crippen LogP contribution in [0.1, 0.15) is 33.1 Å². The van der Waals surface area contributed by atoms with Gasteiger partial charge in [0.2, 0.25) is 0 Å². The van der Waals surface area contributed by atoms with E-state index in [1.165, 1.54) is 6.07 Å². The zero-order chi connectivity index (χ0) is 17.9. The fraction of sp³-hybridized carbons (Fsp3) is 0.667. The topological polar surface area (TPSA) is 61.8 Å². The summed E-state index contributed by atoms with van der Waals surface area (Å²) in [5.41, 5.74) is 0. The number of rotatable bonds is 9. The lowest BCUT2D eigenvalue weighted by Crippen LogP contribution is -2.44. The first-order valence-corrected chi connectivity index (χ1v) is 9.22. The third-order valence-corrected chi connectivity index (χ3v) is 4.06. The van der Waals surface area contributed by atoms with Crippen LogP contribution in [-0.2, 0) is 4.74 Å². The molecular formula is C18H30FN5O. The lowest BCUT2D eigenvalue weighted by molar-refractivity contribution is 0.139. The third-order valence-electron chi connectivity index (χ3n) is 4.06. The summed E-state index contributed by atoms with van der Waals surface area (Å²) in [6.07, 6.45) is 4.78. The van der Waals surface area contributed by atoms with Gasteiger partial charge in [0.15, 0.2) is 17.6 Å². The van der Waals surface area contributed by atoms with Crippen LogP contribution in [0.15, 0.2) is 23.3 Å². The summed E-state index contributed by atoms with van der Waals surface area (Å²) in [5.74, 6) is 0.945. The number of nitrogens with zero attached hydrogens (tertiary/aromatic N) is 3. The summed E-state index contributed by atoms with van der Waals surface area (Å²) >= 11 is 0. The van der Waals surface area contributed by atoms with Crippen molar-refractivity contribution >= 4 is 11.8 Å². The van der Waals surface area contributed by atoms with Crippen molar-refractivity contribution in [3.63, 3.8) is 0 Å². The Morgan fingerprint density at radius 3 is 3.08 bits per heavy atom. The Kier molecular flexibility index (Phi) is 8.45. The SMILES string of the molecule is CCCCOCCN=C(NCC)NC1CCN(c2ncccc2F)C1. The number of guanidine groups is 1. The molecule has 1 atom stereocenters. The predicted octanol–water partition coefficient (Wildman–Crippen LogP) is 2.17. The zero-order valence-corrected chi connectivity index (χ0v) is 15.3. The predicted molar refractivity (Wildman–Crippen MR) is 99.7 cm³/mol. The van der Waals surface area contributed by atoms with Gasteiger partial charge in [-0.2, -0.15) is 0 Å². The molecule has 6 nitrogen and oxygen atoms in total. The fourth-order valence-electron chi connectivity index (χ4n) is 2.76. The molecule has 1 fully saturated rings. The zero-order valence-electron chi connectivity index (χ0n) is 15.3. The van der Waals surface area contributed by atoms with E-state index in [2.05, 4.69) is 27.5 Å². The molecule has 0 aliphatic carbocycles. The van der Waals surface area contributed by atoms with Gasteiger partial charge in [-0.1, -0.05) is 13.3 Å². The highest BCUT2D eigenvalue weighted by Crippen LogP contribution is 2.20.